The molecule has 0 amide bonds. The molecular formula is C11H19F2N3O2. The molecule has 0 radical (unpaired) electrons. The number of rotatable bonds is 9. The van der Waals surface area contributed by atoms with Gasteiger partial charge in [0, 0.05) is 18.9 Å². The molecule has 18 heavy (non-hydrogen) atoms. The lowest BCUT2D eigenvalue weighted by Crippen LogP contribution is -2.21. The van der Waals surface area contributed by atoms with Crippen molar-refractivity contribution in [2.75, 3.05) is 20.3 Å². The molecule has 0 aliphatic heterocycles. The smallest absolute Gasteiger partial charge is 0.261 e. The number of hydrogen-bond donors (Lipinski definition) is 1. The molecule has 1 N–H and O–H groups in total. The van der Waals surface area contributed by atoms with E-state index in [0.29, 0.717) is 30.6 Å². The summed E-state index contributed by atoms with van der Waals surface area (Å²) in [6.45, 7) is 1.69. The van der Waals surface area contributed by atoms with E-state index < -0.39 is 13.0 Å². The standard InChI is InChI=1S/C11H19F2N3O2/c1-8(14-2)3-4-11-15-10(16-18-11)5-6-17-7-9(12)13/h8-9,14H,3-7H2,1-2H3. The fourth-order valence-corrected chi connectivity index (χ4v) is 1.31. The molecule has 5 nitrogen and oxygen atoms in total. The van der Waals surface area contributed by atoms with Gasteiger partial charge in [-0.3, -0.25) is 0 Å². The average Bonchev–Trinajstić information content (AvgIpc) is 2.79. The van der Waals surface area contributed by atoms with Gasteiger partial charge in [-0.05, 0) is 20.4 Å². The lowest BCUT2D eigenvalue weighted by molar-refractivity contribution is 0.0182. The summed E-state index contributed by atoms with van der Waals surface area (Å²) in [7, 11) is 1.89. The van der Waals surface area contributed by atoms with Crippen LogP contribution in [0.15, 0.2) is 4.52 Å². The molecule has 0 spiro atoms. The van der Waals surface area contributed by atoms with Crippen LogP contribution < -0.4 is 5.32 Å². The molecule has 7 heteroatoms. The Morgan fingerprint density at radius 1 is 1.39 bits per heavy atom. The molecule has 1 aromatic heterocycles. The van der Waals surface area contributed by atoms with Gasteiger partial charge in [-0.15, -0.1) is 0 Å². The highest BCUT2D eigenvalue weighted by atomic mass is 19.3. The maximum Gasteiger partial charge on any atom is 0.261 e. The van der Waals surface area contributed by atoms with E-state index in [4.69, 9.17) is 9.26 Å². The van der Waals surface area contributed by atoms with Gasteiger partial charge in [-0.1, -0.05) is 5.16 Å². The van der Waals surface area contributed by atoms with Crippen LogP contribution in [0.4, 0.5) is 8.78 Å². The van der Waals surface area contributed by atoms with Gasteiger partial charge in [0.1, 0.15) is 6.61 Å². The maximum absolute atomic E-state index is 11.8. The van der Waals surface area contributed by atoms with Gasteiger partial charge in [-0.2, -0.15) is 4.98 Å². The lowest BCUT2D eigenvalue weighted by atomic mass is 10.2. The summed E-state index contributed by atoms with van der Waals surface area (Å²) in [5, 5.41) is 6.88. The Bertz CT molecular complexity index is 334. The van der Waals surface area contributed by atoms with Crippen LogP contribution in [-0.4, -0.2) is 42.9 Å². The van der Waals surface area contributed by atoms with Crippen molar-refractivity contribution >= 4 is 0 Å². The van der Waals surface area contributed by atoms with Crippen molar-refractivity contribution in [3.05, 3.63) is 11.7 Å². The zero-order valence-corrected chi connectivity index (χ0v) is 10.7. The molecule has 0 aromatic carbocycles. The van der Waals surface area contributed by atoms with E-state index in [9.17, 15) is 8.78 Å². The Balaban J connectivity index is 2.21. The van der Waals surface area contributed by atoms with Crippen molar-refractivity contribution in [3.8, 4) is 0 Å². The quantitative estimate of drug-likeness (QED) is 0.683. The van der Waals surface area contributed by atoms with Crippen LogP contribution in [0, 0.1) is 0 Å². The molecule has 104 valence electrons. The van der Waals surface area contributed by atoms with Gasteiger partial charge in [0.15, 0.2) is 5.82 Å². The van der Waals surface area contributed by atoms with E-state index in [1.807, 2.05) is 7.05 Å². The minimum atomic E-state index is -2.44. The lowest BCUT2D eigenvalue weighted by Gasteiger charge is -2.06. The first kappa shape index (κ1) is 15.0. The molecule has 0 bridgehead atoms. The summed E-state index contributed by atoms with van der Waals surface area (Å²) in [6.07, 6.45) is -0.445. The van der Waals surface area contributed by atoms with Crippen LogP contribution in [0.2, 0.25) is 0 Å². The summed E-state index contributed by atoms with van der Waals surface area (Å²) in [6, 6.07) is 0.384. The van der Waals surface area contributed by atoms with E-state index in [2.05, 4.69) is 22.4 Å². The third-order valence-corrected chi connectivity index (χ3v) is 2.51. The Morgan fingerprint density at radius 3 is 2.83 bits per heavy atom. The molecule has 0 aliphatic carbocycles. The van der Waals surface area contributed by atoms with Crippen molar-refractivity contribution in [1.29, 1.82) is 0 Å². The molecule has 0 aliphatic rings. The largest absolute Gasteiger partial charge is 0.375 e. The first-order valence-electron chi connectivity index (χ1n) is 5.96. The number of aromatic nitrogens is 2. The SMILES string of the molecule is CNC(C)CCc1nc(CCOCC(F)F)no1. The van der Waals surface area contributed by atoms with Crippen molar-refractivity contribution in [1.82, 2.24) is 15.5 Å². The van der Waals surface area contributed by atoms with Crippen LogP contribution in [0.5, 0.6) is 0 Å². The van der Waals surface area contributed by atoms with Crippen LogP contribution in [0.25, 0.3) is 0 Å². The van der Waals surface area contributed by atoms with Gasteiger partial charge in [0.2, 0.25) is 5.89 Å². The zero-order valence-electron chi connectivity index (χ0n) is 10.7. The molecule has 0 fully saturated rings. The monoisotopic (exact) mass is 263 g/mol. The van der Waals surface area contributed by atoms with Crippen molar-refractivity contribution in [3.63, 3.8) is 0 Å². The first-order valence-corrected chi connectivity index (χ1v) is 5.96. The van der Waals surface area contributed by atoms with Crippen LogP contribution in [0.3, 0.4) is 0 Å². The molecule has 1 heterocycles. The molecular weight excluding hydrogens is 244 g/mol. The summed E-state index contributed by atoms with van der Waals surface area (Å²) < 4.78 is 33.4. The second kappa shape index (κ2) is 8.10. The predicted molar refractivity (Wildman–Crippen MR) is 61.7 cm³/mol. The van der Waals surface area contributed by atoms with Gasteiger partial charge in [0.25, 0.3) is 6.43 Å². The van der Waals surface area contributed by atoms with Gasteiger partial charge >= 0.3 is 0 Å². The Labute approximate surface area is 105 Å². The number of nitrogens with zero attached hydrogens (tertiary/aromatic N) is 2. The van der Waals surface area contributed by atoms with Crippen molar-refractivity contribution in [2.45, 2.75) is 38.7 Å². The van der Waals surface area contributed by atoms with Gasteiger partial charge < -0.3 is 14.6 Å². The Morgan fingerprint density at radius 2 is 2.17 bits per heavy atom. The minimum Gasteiger partial charge on any atom is -0.375 e. The Hall–Kier alpha value is -1.08. The molecule has 0 saturated carbocycles. The van der Waals surface area contributed by atoms with Crippen LogP contribution in [-0.2, 0) is 17.6 Å². The van der Waals surface area contributed by atoms with E-state index >= 15 is 0 Å². The second-order valence-electron chi connectivity index (χ2n) is 4.05. The number of hydrogen-bond acceptors (Lipinski definition) is 5. The first-order chi connectivity index (χ1) is 8.61. The maximum atomic E-state index is 11.8. The number of halogens is 2. The van der Waals surface area contributed by atoms with Crippen LogP contribution >= 0.6 is 0 Å². The predicted octanol–water partition coefficient (Wildman–Crippen LogP) is 1.43. The van der Waals surface area contributed by atoms with Gasteiger partial charge in [-0.25, -0.2) is 8.78 Å². The summed E-state index contributed by atoms with van der Waals surface area (Å²) in [4.78, 5) is 4.16. The third kappa shape index (κ3) is 6.02. The summed E-state index contributed by atoms with van der Waals surface area (Å²) in [5.41, 5.74) is 0. The number of nitrogens with one attached hydrogen (secondary N) is 1. The second-order valence-corrected chi connectivity index (χ2v) is 4.05. The molecule has 1 aromatic rings. The average molecular weight is 263 g/mol. The molecule has 1 atom stereocenters. The van der Waals surface area contributed by atoms with Gasteiger partial charge in [0.05, 0.1) is 6.61 Å². The minimum absolute atomic E-state index is 0.177. The van der Waals surface area contributed by atoms with Crippen molar-refractivity contribution < 1.29 is 18.0 Å². The van der Waals surface area contributed by atoms with Crippen molar-refractivity contribution in [2.24, 2.45) is 0 Å². The van der Waals surface area contributed by atoms with Crippen LogP contribution in [0.1, 0.15) is 25.1 Å². The Kier molecular flexibility index (Phi) is 6.74. The number of ether oxygens (including phenoxy) is 1. The third-order valence-electron chi connectivity index (χ3n) is 2.51. The zero-order chi connectivity index (χ0) is 13.4. The summed E-state index contributed by atoms with van der Waals surface area (Å²) in [5.74, 6) is 1.07. The van der Waals surface area contributed by atoms with E-state index in [1.54, 1.807) is 0 Å². The molecule has 1 unspecified atom stereocenters. The van der Waals surface area contributed by atoms with E-state index in [0.717, 1.165) is 6.42 Å². The fourth-order valence-electron chi connectivity index (χ4n) is 1.31. The number of alkyl halides is 2. The highest BCUT2D eigenvalue weighted by molar-refractivity contribution is 4.87. The number of aryl methyl sites for hydroxylation is 1. The fraction of sp³-hybridized carbons (Fsp3) is 0.818. The topological polar surface area (TPSA) is 60.2 Å². The molecule has 0 saturated heterocycles. The summed E-state index contributed by atoms with van der Waals surface area (Å²) >= 11 is 0. The molecule has 1 rings (SSSR count). The normalized spacial score (nSPS) is 13.2. The van der Waals surface area contributed by atoms with E-state index in [1.165, 1.54) is 0 Å². The van der Waals surface area contributed by atoms with E-state index in [-0.39, 0.29) is 6.61 Å². The highest BCUT2D eigenvalue weighted by Crippen LogP contribution is 2.04. The highest BCUT2D eigenvalue weighted by Gasteiger charge is 2.08.